The highest BCUT2D eigenvalue weighted by atomic mass is 31.2. The Kier molecular flexibility index (Phi) is 6.77. The average molecular weight is 410 g/mol. The van der Waals surface area contributed by atoms with Crippen molar-refractivity contribution in [2.24, 2.45) is 4.99 Å². The van der Waals surface area contributed by atoms with Gasteiger partial charge in [0.15, 0.2) is 17.0 Å². The summed E-state index contributed by atoms with van der Waals surface area (Å²) in [6.07, 6.45) is 6.49. The van der Waals surface area contributed by atoms with Gasteiger partial charge in [-0.3, -0.25) is 4.57 Å². The fourth-order valence-corrected chi connectivity index (χ4v) is 4.38. The molecule has 1 aliphatic rings. The molecule has 28 heavy (non-hydrogen) atoms. The smallest absolute Gasteiger partial charge is 0.356 e. The predicted octanol–water partition coefficient (Wildman–Crippen LogP) is 2.99. The van der Waals surface area contributed by atoms with Crippen LogP contribution in [0, 0.1) is 0 Å². The standard InChI is InChI=1S/C17H27N6O4P/c1-5-26-28(24,27-6-2)12-25-14-7-13(8-14)23-11-20-15-16(21-10-22(3)4)18-9-19-17(15)23/h9-11,13-14H,5-8,12H2,1-4H3. The molecule has 2 heterocycles. The normalized spacial score (nSPS) is 20.0. The number of hydrogen-bond acceptors (Lipinski definition) is 8. The van der Waals surface area contributed by atoms with E-state index in [2.05, 4.69) is 19.9 Å². The zero-order chi connectivity index (χ0) is 20.1. The van der Waals surface area contributed by atoms with Crippen molar-refractivity contribution in [1.82, 2.24) is 24.4 Å². The van der Waals surface area contributed by atoms with Crippen LogP contribution in [-0.2, 0) is 18.3 Å². The first-order valence-electron chi connectivity index (χ1n) is 9.33. The van der Waals surface area contributed by atoms with Gasteiger partial charge in [0.2, 0.25) is 0 Å². The molecule has 0 unspecified atom stereocenters. The molecule has 0 N–H and O–H groups in total. The maximum Gasteiger partial charge on any atom is 0.356 e. The van der Waals surface area contributed by atoms with Crippen molar-refractivity contribution in [2.75, 3.05) is 33.7 Å². The minimum Gasteiger partial charge on any atom is -0.369 e. The summed E-state index contributed by atoms with van der Waals surface area (Å²) < 4.78 is 30.8. The number of ether oxygens (including phenoxy) is 1. The molecular formula is C17H27N6O4P. The fourth-order valence-electron chi connectivity index (χ4n) is 2.97. The lowest BCUT2D eigenvalue weighted by atomic mass is 9.89. The monoisotopic (exact) mass is 410 g/mol. The van der Waals surface area contributed by atoms with E-state index in [1.165, 1.54) is 6.33 Å². The van der Waals surface area contributed by atoms with Gasteiger partial charge in [-0.2, -0.15) is 0 Å². The van der Waals surface area contributed by atoms with Crippen molar-refractivity contribution in [3.63, 3.8) is 0 Å². The molecule has 2 aromatic rings. The van der Waals surface area contributed by atoms with Crippen LogP contribution in [0.15, 0.2) is 17.6 Å². The summed E-state index contributed by atoms with van der Waals surface area (Å²) in [5.74, 6) is 0.541. The molecule has 2 aromatic heterocycles. The van der Waals surface area contributed by atoms with Gasteiger partial charge in [0, 0.05) is 20.1 Å². The lowest BCUT2D eigenvalue weighted by Crippen LogP contribution is -2.33. The third kappa shape index (κ3) is 4.75. The second kappa shape index (κ2) is 9.09. The third-order valence-electron chi connectivity index (χ3n) is 4.33. The predicted molar refractivity (Wildman–Crippen MR) is 106 cm³/mol. The van der Waals surface area contributed by atoms with Crippen LogP contribution < -0.4 is 0 Å². The van der Waals surface area contributed by atoms with Crippen molar-refractivity contribution in [2.45, 2.75) is 38.8 Å². The van der Waals surface area contributed by atoms with Gasteiger partial charge in [-0.05, 0) is 26.7 Å². The Morgan fingerprint density at radius 2 is 1.96 bits per heavy atom. The summed E-state index contributed by atoms with van der Waals surface area (Å²) in [5.41, 5.74) is 1.42. The SMILES string of the molecule is CCOP(=O)(COC1CC(n2cnc3c(N=CN(C)C)ncnc32)C1)OCC. The zero-order valence-corrected chi connectivity index (χ0v) is 17.6. The summed E-state index contributed by atoms with van der Waals surface area (Å²) in [6, 6.07) is 0.217. The van der Waals surface area contributed by atoms with E-state index in [1.54, 1.807) is 26.5 Å². The van der Waals surface area contributed by atoms with Gasteiger partial charge in [-0.15, -0.1) is 0 Å². The molecular weight excluding hydrogens is 383 g/mol. The summed E-state index contributed by atoms with van der Waals surface area (Å²) in [6.45, 7) is 4.22. The Hall–Kier alpha value is -1.87. The van der Waals surface area contributed by atoms with E-state index < -0.39 is 7.60 Å². The van der Waals surface area contributed by atoms with Gasteiger partial charge in [0.25, 0.3) is 0 Å². The number of aromatic nitrogens is 4. The van der Waals surface area contributed by atoms with Crippen molar-refractivity contribution < 1.29 is 18.3 Å². The molecule has 11 heteroatoms. The molecule has 0 radical (unpaired) electrons. The van der Waals surface area contributed by atoms with Crippen LogP contribution in [-0.4, -0.2) is 70.5 Å². The molecule has 0 aliphatic heterocycles. The second-order valence-electron chi connectivity index (χ2n) is 6.72. The molecule has 0 atom stereocenters. The number of aliphatic imine (C=N–C) groups is 1. The molecule has 0 amide bonds. The highest BCUT2D eigenvalue weighted by Crippen LogP contribution is 2.49. The molecule has 1 fully saturated rings. The molecule has 0 saturated heterocycles. The maximum absolute atomic E-state index is 12.5. The summed E-state index contributed by atoms with van der Waals surface area (Å²) in [7, 11) is 0.612. The van der Waals surface area contributed by atoms with Crippen LogP contribution >= 0.6 is 7.60 Å². The van der Waals surface area contributed by atoms with Crippen LogP contribution in [0.1, 0.15) is 32.7 Å². The highest BCUT2D eigenvalue weighted by Gasteiger charge is 2.35. The lowest BCUT2D eigenvalue weighted by Gasteiger charge is -2.36. The third-order valence-corrected chi connectivity index (χ3v) is 6.10. The Morgan fingerprint density at radius 1 is 1.25 bits per heavy atom. The molecule has 0 bridgehead atoms. The quantitative estimate of drug-likeness (QED) is 0.334. The Labute approximate surface area is 164 Å². The van der Waals surface area contributed by atoms with Crippen LogP contribution in [0.2, 0.25) is 0 Å². The highest BCUT2D eigenvalue weighted by molar-refractivity contribution is 7.53. The number of fused-ring (bicyclic) bond motifs is 1. The molecule has 1 saturated carbocycles. The molecule has 0 spiro atoms. The zero-order valence-electron chi connectivity index (χ0n) is 16.7. The Balaban J connectivity index is 1.62. The number of rotatable bonds is 10. The van der Waals surface area contributed by atoms with Gasteiger partial charge in [-0.1, -0.05) is 0 Å². The van der Waals surface area contributed by atoms with E-state index in [-0.39, 0.29) is 18.5 Å². The van der Waals surface area contributed by atoms with Gasteiger partial charge in [0.05, 0.1) is 32.0 Å². The summed E-state index contributed by atoms with van der Waals surface area (Å²) in [5, 5.41) is 0. The number of nitrogens with zero attached hydrogens (tertiary/aromatic N) is 6. The lowest BCUT2D eigenvalue weighted by molar-refractivity contribution is -0.0123. The van der Waals surface area contributed by atoms with Crippen LogP contribution in [0.4, 0.5) is 5.82 Å². The van der Waals surface area contributed by atoms with Crippen molar-refractivity contribution in [3.05, 3.63) is 12.7 Å². The first-order valence-corrected chi connectivity index (χ1v) is 11.1. The maximum atomic E-state index is 12.5. The van der Waals surface area contributed by atoms with Crippen molar-refractivity contribution >= 4 is 30.9 Å². The molecule has 1 aliphatic carbocycles. The fraction of sp³-hybridized carbons (Fsp3) is 0.647. The minimum absolute atomic E-state index is 0.00440. The molecule has 10 nitrogen and oxygen atoms in total. The van der Waals surface area contributed by atoms with Crippen LogP contribution in [0.25, 0.3) is 11.2 Å². The largest absolute Gasteiger partial charge is 0.369 e. The second-order valence-corrected chi connectivity index (χ2v) is 8.72. The molecule has 0 aromatic carbocycles. The van der Waals surface area contributed by atoms with Crippen LogP contribution in [0.3, 0.4) is 0 Å². The average Bonchev–Trinajstić information content (AvgIpc) is 3.03. The minimum atomic E-state index is -3.18. The van der Waals surface area contributed by atoms with E-state index >= 15 is 0 Å². The number of hydrogen-bond donors (Lipinski definition) is 0. The summed E-state index contributed by atoms with van der Waals surface area (Å²) in [4.78, 5) is 19.2. The Bertz CT molecular complexity index is 854. The van der Waals surface area contributed by atoms with E-state index in [9.17, 15) is 4.57 Å². The topological polar surface area (TPSA) is 104 Å². The van der Waals surface area contributed by atoms with Crippen molar-refractivity contribution in [1.29, 1.82) is 0 Å². The Morgan fingerprint density at radius 3 is 2.61 bits per heavy atom. The van der Waals surface area contributed by atoms with Gasteiger partial charge in [0.1, 0.15) is 12.7 Å². The van der Waals surface area contributed by atoms with E-state index in [1.807, 2.05) is 23.6 Å². The first kappa shape index (κ1) is 20.9. The molecule has 154 valence electrons. The van der Waals surface area contributed by atoms with E-state index in [4.69, 9.17) is 13.8 Å². The first-order chi connectivity index (χ1) is 13.5. The van der Waals surface area contributed by atoms with E-state index in [0.717, 1.165) is 18.5 Å². The van der Waals surface area contributed by atoms with E-state index in [0.29, 0.717) is 24.5 Å². The molecule has 3 rings (SSSR count). The summed E-state index contributed by atoms with van der Waals surface area (Å²) >= 11 is 0. The van der Waals surface area contributed by atoms with Gasteiger partial charge >= 0.3 is 7.60 Å². The van der Waals surface area contributed by atoms with Crippen LogP contribution in [0.5, 0.6) is 0 Å². The van der Waals surface area contributed by atoms with Gasteiger partial charge < -0.3 is 23.3 Å². The number of imidazole rings is 1. The van der Waals surface area contributed by atoms with Gasteiger partial charge in [-0.25, -0.2) is 19.9 Å². The van der Waals surface area contributed by atoms with Crippen molar-refractivity contribution in [3.8, 4) is 0 Å².